The predicted molar refractivity (Wildman–Crippen MR) is 116 cm³/mol. The van der Waals surface area contributed by atoms with Gasteiger partial charge in [-0.15, -0.1) is 0 Å². The largest absolute Gasteiger partial charge is 0.494 e. The first kappa shape index (κ1) is 20.0. The standard InChI is InChI=1S/C25H34N2O3/c28-24(18-7-8-18)19-9-11-23(12-10-19)30-14-4-13-26-16-22-15-21(26)17-27(22)25(29)20-5-2-1-3-6-20/h9-12,18,20-22H,1-8,13-17H2/t21-,22-/m0/s1. The van der Waals surface area contributed by atoms with Crippen LogP contribution in [-0.2, 0) is 4.79 Å². The molecule has 162 valence electrons. The maximum Gasteiger partial charge on any atom is 0.226 e. The van der Waals surface area contributed by atoms with Crippen LogP contribution < -0.4 is 4.74 Å². The summed E-state index contributed by atoms with van der Waals surface area (Å²) in [7, 11) is 0. The van der Waals surface area contributed by atoms with Crippen molar-refractivity contribution in [2.24, 2.45) is 11.8 Å². The SMILES string of the molecule is O=C(c1ccc(OCCCN2C[C@@H]3C[C@H]2CN3C(=O)C2CCCCC2)cc1)C1CC1. The Morgan fingerprint density at radius 3 is 2.33 bits per heavy atom. The second-order valence-corrected chi connectivity index (χ2v) is 9.73. The molecule has 2 saturated carbocycles. The summed E-state index contributed by atoms with van der Waals surface area (Å²) in [6.45, 7) is 3.68. The van der Waals surface area contributed by atoms with E-state index in [1.54, 1.807) is 0 Å². The van der Waals surface area contributed by atoms with Crippen molar-refractivity contribution < 1.29 is 14.3 Å². The third-order valence-corrected chi connectivity index (χ3v) is 7.54. The molecular formula is C25H34N2O3. The van der Waals surface area contributed by atoms with Gasteiger partial charge in [0.2, 0.25) is 5.91 Å². The fourth-order valence-electron chi connectivity index (χ4n) is 5.63. The fourth-order valence-corrected chi connectivity index (χ4v) is 5.63. The topological polar surface area (TPSA) is 49.9 Å². The first-order valence-corrected chi connectivity index (χ1v) is 12.0. The minimum absolute atomic E-state index is 0.265. The lowest BCUT2D eigenvalue weighted by Crippen LogP contribution is -2.50. The third-order valence-electron chi connectivity index (χ3n) is 7.54. The van der Waals surface area contributed by atoms with Gasteiger partial charge in [-0.25, -0.2) is 0 Å². The van der Waals surface area contributed by atoms with Crippen molar-refractivity contribution in [2.45, 2.75) is 69.9 Å². The number of nitrogens with zero attached hydrogens (tertiary/aromatic N) is 2. The smallest absolute Gasteiger partial charge is 0.226 e. The van der Waals surface area contributed by atoms with Gasteiger partial charge in [0.05, 0.1) is 6.61 Å². The second kappa shape index (κ2) is 8.70. The van der Waals surface area contributed by atoms with Gasteiger partial charge in [-0.3, -0.25) is 14.5 Å². The quantitative estimate of drug-likeness (QED) is 0.482. The van der Waals surface area contributed by atoms with Gasteiger partial charge in [-0.1, -0.05) is 19.3 Å². The highest BCUT2D eigenvalue weighted by molar-refractivity contribution is 5.99. The Morgan fingerprint density at radius 1 is 0.900 bits per heavy atom. The Bertz CT molecular complexity index is 767. The average Bonchev–Trinajstić information content (AvgIpc) is 3.46. The fraction of sp³-hybridized carbons (Fsp3) is 0.680. The lowest BCUT2D eigenvalue weighted by atomic mass is 9.88. The third kappa shape index (κ3) is 4.27. The molecule has 0 aromatic heterocycles. The molecule has 0 unspecified atom stereocenters. The van der Waals surface area contributed by atoms with Crippen LogP contribution in [0.5, 0.6) is 5.75 Å². The first-order chi connectivity index (χ1) is 14.7. The molecule has 2 atom stereocenters. The van der Waals surface area contributed by atoms with Gasteiger partial charge in [0.1, 0.15) is 5.75 Å². The van der Waals surface area contributed by atoms with Gasteiger partial charge in [0.15, 0.2) is 5.78 Å². The minimum Gasteiger partial charge on any atom is -0.494 e. The van der Waals surface area contributed by atoms with Gasteiger partial charge in [0, 0.05) is 49.1 Å². The number of fused-ring (bicyclic) bond motifs is 2. The van der Waals surface area contributed by atoms with Gasteiger partial charge < -0.3 is 9.64 Å². The zero-order valence-electron chi connectivity index (χ0n) is 17.9. The summed E-state index contributed by atoms with van der Waals surface area (Å²) in [5, 5.41) is 0. The zero-order valence-corrected chi connectivity index (χ0v) is 17.9. The molecule has 2 heterocycles. The molecule has 2 saturated heterocycles. The molecule has 4 fully saturated rings. The summed E-state index contributed by atoms with van der Waals surface area (Å²) in [6.07, 6.45) is 10.2. The normalized spacial score (nSPS) is 26.9. The van der Waals surface area contributed by atoms with E-state index in [1.807, 2.05) is 24.3 Å². The molecule has 5 nitrogen and oxygen atoms in total. The Labute approximate surface area is 179 Å². The van der Waals surface area contributed by atoms with Crippen LogP contribution in [0.15, 0.2) is 24.3 Å². The van der Waals surface area contributed by atoms with E-state index >= 15 is 0 Å². The van der Waals surface area contributed by atoms with E-state index in [4.69, 9.17) is 4.74 Å². The molecule has 1 aromatic rings. The van der Waals surface area contributed by atoms with Crippen LogP contribution in [0.2, 0.25) is 0 Å². The Balaban J connectivity index is 1.03. The van der Waals surface area contributed by atoms with E-state index < -0.39 is 0 Å². The molecule has 30 heavy (non-hydrogen) atoms. The number of benzene rings is 1. The van der Waals surface area contributed by atoms with Crippen molar-refractivity contribution in [1.82, 2.24) is 9.80 Å². The number of hydrogen-bond acceptors (Lipinski definition) is 4. The number of hydrogen-bond donors (Lipinski definition) is 0. The number of piperazine rings is 1. The summed E-state index contributed by atoms with van der Waals surface area (Å²) in [5.41, 5.74) is 0.810. The van der Waals surface area contributed by atoms with E-state index in [2.05, 4.69) is 9.80 Å². The lowest BCUT2D eigenvalue weighted by molar-refractivity contribution is -0.139. The number of likely N-dealkylation sites (tertiary alicyclic amines) is 2. The van der Waals surface area contributed by atoms with Gasteiger partial charge >= 0.3 is 0 Å². The van der Waals surface area contributed by atoms with E-state index in [0.717, 1.165) is 69.5 Å². The van der Waals surface area contributed by atoms with Crippen LogP contribution in [0.3, 0.4) is 0 Å². The van der Waals surface area contributed by atoms with Crippen molar-refractivity contribution in [1.29, 1.82) is 0 Å². The average molecular weight is 411 g/mol. The highest BCUT2D eigenvalue weighted by Crippen LogP contribution is 2.35. The van der Waals surface area contributed by atoms with Crippen molar-refractivity contribution in [3.05, 3.63) is 29.8 Å². The van der Waals surface area contributed by atoms with Crippen molar-refractivity contribution in [2.75, 3.05) is 26.2 Å². The molecule has 4 aliphatic rings. The minimum atomic E-state index is 0.265. The molecular weight excluding hydrogens is 376 g/mol. The summed E-state index contributed by atoms with van der Waals surface area (Å²) in [6, 6.07) is 8.60. The number of rotatable bonds is 8. The number of carbonyl (C=O) groups is 2. The van der Waals surface area contributed by atoms with Crippen LogP contribution in [0, 0.1) is 11.8 Å². The second-order valence-electron chi connectivity index (χ2n) is 9.73. The van der Waals surface area contributed by atoms with Crippen molar-refractivity contribution in [3.63, 3.8) is 0 Å². The number of amides is 1. The Morgan fingerprint density at radius 2 is 1.67 bits per heavy atom. The number of carbonyl (C=O) groups excluding carboxylic acids is 2. The summed E-state index contributed by atoms with van der Waals surface area (Å²) in [5.74, 6) is 2.12. The monoisotopic (exact) mass is 410 g/mol. The lowest BCUT2D eigenvalue weighted by Gasteiger charge is -2.36. The molecule has 5 heteroatoms. The summed E-state index contributed by atoms with van der Waals surface area (Å²) < 4.78 is 5.89. The summed E-state index contributed by atoms with van der Waals surface area (Å²) in [4.78, 5) is 29.7. The number of ketones is 1. The van der Waals surface area contributed by atoms with Crippen LogP contribution in [-0.4, -0.2) is 59.8 Å². The molecule has 2 aliphatic carbocycles. The van der Waals surface area contributed by atoms with Gasteiger partial charge in [0.25, 0.3) is 0 Å². The van der Waals surface area contributed by atoms with Crippen LogP contribution in [0.25, 0.3) is 0 Å². The molecule has 1 amide bonds. The van der Waals surface area contributed by atoms with Gasteiger partial charge in [-0.2, -0.15) is 0 Å². The molecule has 5 rings (SSSR count). The van der Waals surface area contributed by atoms with Crippen molar-refractivity contribution in [3.8, 4) is 5.75 Å². The number of ether oxygens (including phenoxy) is 1. The summed E-state index contributed by atoms with van der Waals surface area (Å²) >= 11 is 0. The van der Waals surface area contributed by atoms with E-state index in [0.29, 0.717) is 30.5 Å². The molecule has 0 radical (unpaired) electrons. The van der Waals surface area contributed by atoms with Crippen LogP contribution >= 0.6 is 0 Å². The number of Topliss-reactive ketones (excluding diaryl/α,β-unsaturated/α-hetero) is 1. The molecule has 0 spiro atoms. The maximum absolute atomic E-state index is 12.9. The Kier molecular flexibility index (Phi) is 5.81. The maximum atomic E-state index is 12.9. The molecule has 2 aliphatic heterocycles. The van der Waals surface area contributed by atoms with E-state index in [-0.39, 0.29) is 11.7 Å². The highest BCUT2D eigenvalue weighted by Gasteiger charge is 2.46. The Hall–Kier alpha value is -1.88. The zero-order chi connectivity index (χ0) is 20.5. The van der Waals surface area contributed by atoms with Crippen molar-refractivity contribution >= 4 is 11.7 Å². The van der Waals surface area contributed by atoms with E-state index in [1.165, 1.54) is 19.3 Å². The first-order valence-electron chi connectivity index (χ1n) is 12.0. The molecule has 2 bridgehead atoms. The van der Waals surface area contributed by atoms with E-state index in [9.17, 15) is 9.59 Å². The molecule has 1 aromatic carbocycles. The van der Waals surface area contributed by atoms with Gasteiger partial charge in [-0.05, 0) is 62.8 Å². The van der Waals surface area contributed by atoms with Crippen LogP contribution in [0.4, 0.5) is 0 Å². The predicted octanol–water partition coefficient (Wildman–Crippen LogP) is 3.91. The highest BCUT2D eigenvalue weighted by atomic mass is 16.5. The molecule has 0 N–H and O–H groups in total. The van der Waals surface area contributed by atoms with Crippen LogP contribution in [0.1, 0.15) is 68.1 Å².